The fourth-order valence-corrected chi connectivity index (χ4v) is 4.01. The van der Waals surface area contributed by atoms with Crippen LogP contribution in [0.15, 0.2) is 54.1 Å². The Morgan fingerprint density at radius 2 is 1.84 bits per heavy atom. The number of hydrogen-bond donors (Lipinski definition) is 1. The summed E-state index contributed by atoms with van der Waals surface area (Å²) in [5.41, 5.74) is 2.25. The molecule has 3 rings (SSSR count). The summed E-state index contributed by atoms with van der Waals surface area (Å²) in [4.78, 5) is 29.7. The zero-order valence-corrected chi connectivity index (χ0v) is 19.3. The van der Waals surface area contributed by atoms with Crippen molar-refractivity contribution in [1.82, 2.24) is 9.80 Å². The monoisotopic (exact) mass is 436 g/mol. The summed E-state index contributed by atoms with van der Waals surface area (Å²) in [7, 11) is 3.94. The molecule has 1 amide bonds. The third-order valence-electron chi connectivity index (χ3n) is 5.59. The Balaban J connectivity index is 2.04. The molecule has 1 aliphatic heterocycles. The van der Waals surface area contributed by atoms with Gasteiger partial charge in [-0.3, -0.25) is 9.59 Å². The Bertz CT molecular complexity index is 998. The molecule has 1 heterocycles. The number of aliphatic hydroxyl groups excluding tert-OH is 1. The lowest BCUT2D eigenvalue weighted by Gasteiger charge is -2.26. The SMILES string of the molecule is CCCOc1ccc(C(O)=C2C(=O)C(=O)N(CCCN(C)C)C2c2ccccc2)c(C)c1. The summed E-state index contributed by atoms with van der Waals surface area (Å²) in [6.07, 6.45) is 1.63. The molecule has 2 aromatic carbocycles. The number of aliphatic hydroxyl groups is 1. The minimum Gasteiger partial charge on any atom is -0.507 e. The molecule has 0 aromatic heterocycles. The van der Waals surface area contributed by atoms with Crippen molar-refractivity contribution in [2.45, 2.75) is 32.7 Å². The van der Waals surface area contributed by atoms with Gasteiger partial charge in [-0.05, 0) is 69.7 Å². The maximum absolute atomic E-state index is 13.1. The van der Waals surface area contributed by atoms with Crippen LogP contribution in [-0.2, 0) is 9.59 Å². The number of rotatable bonds is 9. The van der Waals surface area contributed by atoms with Crippen molar-refractivity contribution < 1.29 is 19.4 Å². The molecule has 170 valence electrons. The number of hydrogen-bond acceptors (Lipinski definition) is 5. The molecule has 1 N–H and O–H groups in total. The molecule has 1 atom stereocenters. The van der Waals surface area contributed by atoms with Gasteiger partial charge in [0.05, 0.1) is 18.2 Å². The molecule has 0 aliphatic carbocycles. The van der Waals surface area contributed by atoms with Crippen molar-refractivity contribution in [3.63, 3.8) is 0 Å². The highest BCUT2D eigenvalue weighted by Gasteiger charge is 2.45. The quantitative estimate of drug-likeness (QED) is 0.363. The van der Waals surface area contributed by atoms with Crippen LogP contribution < -0.4 is 4.74 Å². The standard InChI is InChI=1S/C26H32N2O4/c1-5-16-32-20-12-13-21(18(2)17-20)24(29)22-23(19-10-7-6-8-11-19)28(26(31)25(22)30)15-9-14-27(3)4/h6-8,10-13,17,23,29H,5,9,14-16H2,1-4H3. The first-order valence-corrected chi connectivity index (χ1v) is 11.1. The summed E-state index contributed by atoms with van der Waals surface area (Å²) in [6, 6.07) is 14.2. The average Bonchev–Trinajstić information content (AvgIpc) is 3.02. The first-order valence-electron chi connectivity index (χ1n) is 11.1. The Hall–Kier alpha value is -3.12. The van der Waals surface area contributed by atoms with Gasteiger partial charge in [-0.25, -0.2) is 0 Å². The zero-order valence-electron chi connectivity index (χ0n) is 19.3. The molecule has 0 spiro atoms. The molecule has 0 radical (unpaired) electrons. The van der Waals surface area contributed by atoms with Crippen LogP contribution >= 0.6 is 0 Å². The second-order valence-corrected chi connectivity index (χ2v) is 8.39. The summed E-state index contributed by atoms with van der Waals surface area (Å²) in [6.45, 7) is 5.73. The number of aryl methyl sites for hydroxylation is 1. The number of ketones is 1. The first-order chi connectivity index (χ1) is 15.3. The van der Waals surface area contributed by atoms with Crippen molar-refractivity contribution in [2.24, 2.45) is 0 Å². The second kappa shape index (κ2) is 10.5. The predicted molar refractivity (Wildman–Crippen MR) is 126 cm³/mol. The van der Waals surface area contributed by atoms with Gasteiger partial charge in [-0.2, -0.15) is 0 Å². The lowest BCUT2D eigenvalue weighted by Crippen LogP contribution is -2.32. The highest BCUT2D eigenvalue weighted by atomic mass is 16.5. The molecular weight excluding hydrogens is 404 g/mol. The van der Waals surface area contributed by atoms with Crippen LogP contribution in [0.4, 0.5) is 0 Å². The van der Waals surface area contributed by atoms with Crippen LogP contribution in [0.3, 0.4) is 0 Å². The largest absolute Gasteiger partial charge is 0.507 e. The molecule has 32 heavy (non-hydrogen) atoms. The molecule has 6 heteroatoms. The summed E-state index contributed by atoms with van der Waals surface area (Å²) >= 11 is 0. The van der Waals surface area contributed by atoms with Crippen molar-refractivity contribution in [2.75, 3.05) is 33.8 Å². The van der Waals surface area contributed by atoms with Crippen LogP contribution in [0.25, 0.3) is 5.76 Å². The maximum Gasteiger partial charge on any atom is 0.295 e. The fraction of sp³-hybridized carbons (Fsp3) is 0.385. The normalized spacial score (nSPS) is 17.9. The molecule has 1 unspecified atom stereocenters. The van der Waals surface area contributed by atoms with Gasteiger partial charge >= 0.3 is 0 Å². The van der Waals surface area contributed by atoms with Crippen LogP contribution in [0.5, 0.6) is 5.75 Å². The van der Waals surface area contributed by atoms with Gasteiger partial charge in [0.25, 0.3) is 11.7 Å². The van der Waals surface area contributed by atoms with Crippen molar-refractivity contribution in [3.8, 4) is 5.75 Å². The van der Waals surface area contributed by atoms with Gasteiger partial charge in [0.2, 0.25) is 0 Å². The third-order valence-corrected chi connectivity index (χ3v) is 5.59. The fourth-order valence-electron chi connectivity index (χ4n) is 4.01. The molecular formula is C26H32N2O4. The number of carbonyl (C=O) groups is 2. The van der Waals surface area contributed by atoms with E-state index in [9.17, 15) is 14.7 Å². The smallest absolute Gasteiger partial charge is 0.295 e. The van der Waals surface area contributed by atoms with E-state index in [4.69, 9.17) is 4.74 Å². The number of ether oxygens (including phenoxy) is 1. The lowest BCUT2D eigenvalue weighted by atomic mass is 9.94. The van der Waals surface area contributed by atoms with Crippen LogP contribution in [0.1, 0.15) is 42.5 Å². The van der Waals surface area contributed by atoms with Crippen molar-refractivity contribution in [1.29, 1.82) is 0 Å². The van der Waals surface area contributed by atoms with E-state index in [1.54, 1.807) is 17.0 Å². The van der Waals surface area contributed by atoms with E-state index < -0.39 is 17.7 Å². The zero-order chi connectivity index (χ0) is 23.3. The van der Waals surface area contributed by atoms with Gasteiger partial charge < -0.3 is 19.6 Å². The van der Waals surface area contributed by atoms with E-state index in [-0.39, 0.29) is 11.3 Å². The Labute approximate surface area is 190 Å². The minimum atomic E-state index is -0.646. The number of nitrogens with zero attached hydrogens (tertiary/aromatic N) is 2. The van der Waals surface area contributed by atoms with E-state index in [2.05, 4.69) is 0 Å². The summed E-state index contributed by atoms with van der Waals surface area (Å²) in [5.74, 6) is -0.650. The second-order valence-electron chi connectivity index (χ2n) is 8.39. The van der Waals surface area contributed by atoms with Crippen molar-refractivity contribution >= 4 is 17.4 Å². The van der Waals surface area contributed by atoms with E-state index in [1.165, 1.54) is 0 Å². The van der Waals surface area contributed by atoms with E-state index >= 15 is 0 Å². The predicted octanol–water partition coefficient (Wildman–Crippen LogP) is 4.16. The van der Waals surface area contributed by atoms with Gasteiger partial charge in [-0.1, -0.05) is 37.3 Å². The molecule has 0 saturated carbocycles. The number of amides is 1. The Kier molecular flexibility index (Phi) is 7.70. The van der Waals surface area contributed by atoms with Crippen LogP contribution in [-0.4, -0.2) is 60.4 Å². The van der Waals surface area contributed by atoms with E-state index in [0.29, 0.717) is 24.5 Å². The molecule has 2 aromatic rings. The van der Waals surface area contributed by atoms with Crippen LogP contribution in [0.2, 0.25) is 0 Å². The number of benzene rings is 2. The highest BCUT2D eigenvalue weighted by molar-refractivity contribution is 6.46. The highest BCUT2D eigenvalue weighted by Crippen LogP contribution is 2.40. The number of carbonyl (C=O) groups excluding carboxylic acids is 2. The lowest BCUT2D eigenvalue weighted by molar-refractivity contribution is -0.139. The Morgan fingerprint density at radius 1 is 1.12 bits per heavy atom. The number of likely N-dealkylation sites (tertiary alicyclic amines) is 1. The van der Waals surface area contributed by atoms with E-state index in [1.807, 2.05) is 69.2 Å². The topological polar surface area (TPSA) is 70.1 Å². The van der Waals surface area contributed by atoms with Gasteiger partial charge in [0.1, 0.15) is 11.5 Å². The molecule has 1 saturated heterocycles. The van der Waals surface area contributed by atoms with E-state index in [0.717, 1.165) is 30.5 Å². The average molecular weight is 437 g/mol. The molecule has 1 aliphatic rings. The van der Waals surface area contributed by atoms with Gasteiger partial charge in [-0.15, -0.1) is 0 Å². The van der Waals surface area contributed by atoms with Crippen LogP contribution in [0, 0.1) is 6.92 Å². The molecule has 6 nitrogen and oxygen atoms in total. The number of Topliss-reactive ketones (excluding diaryl/α,β-unsaturated/α-hetero) is 1. The Morgan fingerprint density at radius 3 is 2.47 bits per heavy atom. The van der Waals surface area contributed by atoms with Gasteiger partial charge in [0.15, 0.2) is 0 Å². The molecule has 0 bridgehead atoms. The summed E-state index contributed by atoms with van der Waals surface area (Å²) in [5, 5.41) is 11.3. The minimum absolute atomic E-state index is 0.136. The van der Waals surface area contributed by atoms with Crippen molar-refractivity contribution in [3.05, 3.63) is 70.8 Å². The maximum atomic E-state index is 13.1. The summed E-state index contributed by atoms with van der Waals surface area (Å²) < 4.78 is 5.67. The third kappa shape index (κ3) is 5.02. The van der Waals surface area contributed by atoms with Gasteiger partial charge in [0, 0.05) is 12.1 Å². The molecule has 1 fully saturated rings. The first kappa shape index (κ1) is 23.5.